The lowest BCUT2D eigenvalue weighted by Gasteiger charge is -2.03. The molecule has 0 bridgehead atoms. The fraction of sp³-hybridized carbons (Fsp3) is 0.833. The summed E-state index contributed by atoms with van der Waals surface area (Å²) in [5, 5.41) is 8.33. The topological polar surface area (TPSA) is 89.3 Å². The van der Waals surface area contributed by atoms with E-state index in [-0.39, 0.29) is 95.9 Å². The summed E-state index contributed by atoms with van der Waals surface area (Å²) in [4.78, 5) is 10.1. The van der Waals surface area contributed by atoms with Gasteiger partial charge in [0.1, 0.15) is 6.04 Å². The average Bonchev–Trinajstić information content (AvgIpc) is 1.88. The quantitative estimate of drug-likeness (QED) is 0.312. The smallest absolute Gasteiger partial charge is 0.320 e. The van der Waals surface area contributed by atoms with Gasteiger partial charge in [0.25, 0.3) is 0 Å². The zero-order chi connectivity index (χ0) is 7.98. The average molecular weight is 658 g/mol. The van der Waals surface area contributed by atoms with Gasteiger partial charge in [-0.05, 0) is 19.4 Å². The summed E-state index contributed by atoms with van der Waals surface area (Å²) in [5.74, 6) is -0.933. The van der Waals surface area contributed by atoms with Crippen LogP contribution in [0, 0.1) is 0 Å². The highest BCUT2D eigenvalue weighted by Gasteiger charge is 2.09. The van der Waals surface area contributed by atoms with Crippen LogP contribution in [0.1, 0.15) is 19.3 Å². The standard InChI is InChI=1S/C6H14N2O2.4HI/c7-4-2-1-3-5(8)6(9)10;;;;/h5H,1-4,7-8H2,(H,9,10);4*1H. The number of carboxylic acid groups (broad SMARTS) is 1. The van der Waals surface area contributed by atoms with Gasteiger partial charge in [0.15, 0.2) is 0 Å². The van der Waals surface area contributed by atoms with Gasteiger partial charge in [0, 0.05) is 0 Å². The van der Waals surface area contributed by atoms with Crippen molar-refractivity contribution in [2.24, 2.45) is 11.5 Å². The number of carboxylic acids is 1. The van der Waals surface area contributed by atoms with Crippen molar-refractivity contribution in [3.8, 4) is 0 Å². The van der Waals surface area contributed by atoms with Crippen molar-refractivity contribution in [1.82, 2.24) is 0 Å². The maximum atomic E-state index is 10.1. The number of nitrogens with two attached hydrogens (primary N) is 2. The molecule has 0 aromatic rings. The molecule has 8 heteroatoms. The number of halogens is 4. The minimum Gasteiger partial charge on any atom is -0.480 e. The van der Waals surface area contributed by atoms with Gasteiger partial charge in [0.05, 0.1) is 0 Å². The van der Waals surface area contributed by atoms with Crippen LogP contribution < -0.4 is 11.5 Å². The molecule has 0 fully saturated rings. The van der Waals surface area contributed by atoms with Gasteiger partial charge in [-0.3, -0.25) is 4.79 Å². The SMILES string of the molecule is I.I.I.I.NCCCCC(N)C(=O)O. The Bertz CT molecular complexity index is 118. The molecule has 1 atom stereocenters. The summed E-state index contributed by atoms with van der Waals surface area (Å²) < 4.78 is 0. The Kier molecular flexibility index (Phi) is 44.2. The lowest BCUT2D eigenvalue weighted by Crippen LogP contribution is -2.29. The second kappa shape index (κ2) is 20.7. The van der Waals surface area contributed by atoms with E-state index in [1.54, 1.807) is 0 Å². The van der Waals surface area contributed by atoms with Crippen molar-refractivity contribution in [2.45, 2.75) is 25.3 Å². The first-order chi connectivity index (χ1) is 4.68. The molecule has 0 aliphatic carbocycles. The molecule has 0 aliphatic heterocycles. The molecule has 4 nitrogen and oxygen atoms in total. The number of hydrogen-bond donors (Lipinski definition) is 3. The van der Waals surface area contributed by atoms with Crippen LogP contribution in [0.4, 0.5) is 0 Å². The zero-order valence-electron chi connectivity index (χ0n) is 7.55. The van der Waals surface area contributed by atoms with Gasteiger partial charge in [-0.25, -0.2) is 0 Å². The van der Waals surface area contributed by atoms with Gasteiger partial charge in [-0.1, -0.05) is 6.42 Å². The number of rotatable bonds is 5. The first kappa shape index (κ1) is 29.9. The van der Waals surface area contributed by atoms with E-state index in [1.807, 2.05) is 0 Å². The van der Waals surface area contributed by atoms with Crippen molar-refractivity contribution in [2.75, 3.05) is 6.54 Å². The highest BCUT2D eigenvalue weighted by atomic mass is 127. The van der Waals surface area contributed by atoms with Crippen molar-refractivity contribution in [1.29, 1.82) is 0 Å². The van der Waals surface area contributed by atoms with E-state index in [0.717, 1.165) is 12.8 Å². The van der Waals surface area contributed by atoms with Crippen molar-refractivity contribution in [3.63, 3.8) is 0 Å². The molecule has 92 valence electrons. The van der Waals surface area contributed by atoms with Crippen LogP contribution in [0.3, 0.4) is 0 Å². The Morgan fingerprint density at radius 2 is 1.57 bits per heavy atom. The van der Waals surface area contributed by atoms with E-state index in [9.17, 15) is 4.79 Å². The Morgan fingerprint density at radius 3 is 1.86 bits per heavy atom. The van der Waals surface area contributed by atoms with Crippen molar-refractivity contribution < 1.29 is 9.90 Å². The normalized spacial score (nSPS) is 9.29. The van der Waals surface area contributed by atoms with Crippen molar-refractivity contribution >= 4 is 102 Å². The highest BCUT2D eigenvalue weighted by molar-refractivity contribution is 14.0. The van der Waals surface area contributed by atoms with E-state index in [4.69, 9.17) is 16.6 Å². The van der Waals surface area contributed by atoms with E-state index in [2.05, 4.69) is 0 Å². The molecule has 1 unspecified atom stereocenters. The van der Waals surface area contributed by atoms with Crippen LogP contribution >= 0.6 is 95.9 Å². The molecule has 0 saturated heterocycles. The van der Waals surface area contributed by atoms with E-state index in [0.29, 0.717) is 13.0 Å². The maximum absolute atomic E-state index is 10.1. The van der Waals surface area contributed by atoms with Crippen LogP contribution in [-0.2, 0) is 4.79 Å². The maximum Gasteiger partial charge on any atom is 0.320 e. The molecule has 14 heavy (non-hydrogen) atoms. The Labute approximate surface area is 153 Å². The summed E-state index contributed by atoms with van der Waals surface area (Å²) in [6.45, 7) is 0.604. The number of aliphatic carboxylic acids is 1. The third-order valence-electron chi connectivity index (χ3n) is 1.29. The third kappa shape index (κ3) is 19.8. The molecule has 0 aromatic carbocycles. The van der Waals surface area contributed by atoms with Crippen LogP contribution in [0.25, 0.3) is 0 Å². The summed E-state index contributed by atoms with van der Waals surface area (Å²) >= 11 is 0. The Hall–Kier alpha value is 2.31. The van der Waals surface area contributed by atoms with Crippen LogP contribution in [-0.4, -0.2) is 23.7 Å². The molecule has 0 saturated carbocycles. The summed E-state index contributed by atoms with van der Waals surface area (Å²) in [6, 6.07) is -0.716. The second-order valence-corrected chi connectivity index (χ2v) is 2.23. The molecule has 0 aromatic heterocycles. The highest BCUT2D eigenvalue weighted by Crippen LogP contribution is 1.96. The number of carbonyl (C=O) groups is 1. The lowest BCUT2D eigenvalue weighted by molar-refractivity contribution is -0.138. The summed E-state index contributed by atoms with van der Waals surface area (Å²) in [7, 11) is 0. The molecular weight excluding hydrogens is 640 g/mol. The molecule has 0 amide bonds. The largest absolute Gasteiger partial charge is 0.480 e. The monoisotopic (exact) mass is 658 g/mol. The lowest BCUT2D eigenvalue weighted by atomic mass is 10.1. The van der Waals surface area contributed by atoms with Gasteiger partial charge >= 0.3 is 5.97 Å². The van der Waals surface area contributed by atoms with Crippen molar-refractivity contribution in [3.05, 3.63) is 0 Å². The molecule has 0 rings (SSSR count). The molecule has 5 N–H and O–H groups in total. The van der Waals surface area contributed by atoms with E-state index in [1.165, 1.54) is 0 Å². The van der Waals surface area contributed by atoms with Gasteiger partial charge in [0.2, 0.25) is 0 Å². The zero-order valence-corrected chi connectivity index (χ0v) is 16.9. The fourth-order valence-electron chi connectivity index (χ4n) is 0.632. The van der Waals surface area contributed by atoms with Gasteiger partial charge in [-0.2, -0.15) is 0 Å². The third-order valence-corrected chi connectivity index (χ3v) is 1.29. The molecule has 0 aliphatic rings. The predicted molar refractivity (Wildman–Crippen MR) is 100 cm³/mol. The van der Waals surface area contributed by atoms with Gasteiger partial charge < -0.3 is 16.6 Å². The molecular formula is C6H18I4N2O2. The van der Waals surface area contributed by atoms with Gasteiger partial charge in [-0.15, -0.1) is 95.9 Å². The molecule has 0 heterocycles. The minimum absolute atomic E-state index is 0. The Balaban J connectivity index is -0.0000000675. The van der Waals surface area contributed by atoms with E-state index >= 15 is 0 Å². The van der Waals surface area contributed by atoms with Crippen LogP contribution in [0.15, 0.2) is 0 Å². The summed E-state index contributed by atoms with van der Waals surface area (Å²) in [6.07, 6.45) is 2.16. The van der Waals surface area contributed by atoms with E-state index < -0.39 is 12.0 Å². The predicted octanol–water partition coefficient (Wildman–Crippen LogP) is 2.00. The Morgan fingerprint density at radius 1 is 1.14 bits per heavy atom. The summed E-state index contributed by atoms with van der Waals surface area (Å²) in [5.41, 5.74) is 10.4. The first-order valence-corrected chi connectivity index (χ1v) is 3.37. The first-order valence-electron chi connectivity index (χ1n) is 3.37. The van der Waals surface area contributed by atoms with Crippen LogP contribution in [0.5, 0.6) is 0 Å². The minimum atomic E-state index is -0.933. The second-order valence-electron chi connectivity index (χ2n) is 2.23. The van der Waals surface area contributed by atoms with Crippen LogP contribution in [0.2, 0.25) is 0 Å². The number of unbranched alkanes of at least 4 members (excludes halogenated alkanes) is 1. The molecule has 0 radical (unpaired) electrons. The molecule has 0 spiro atoms. The number of hydrogen-bond acceptors (Lipinski definition) is 3. The fourth-order valence-corrected chi connectivity index (χ4v) is 0.632.